The van der Waals surface area contributed by atoms with Crippen molar-refractivity contribution in [2.75, 3.05) is 6.54 Å². The zero-order chi connectivity index (χ0) is 25.1. The van der Waals surface area contributed by atoms with Gasteiger partial charge >= 0.3 is 17.9 Å². The summed E-state index contributed by atoms with van der Waals surface area (Å²) >= 11 is 0. The minimum absolute atomic E-state index is 0.0433. The number of carbonyl (C=O) groups is 6. The van der Waals surface area contributed by atoms with Crippen molar-refractivity contribution in [3.63, 3.8) is 0 Å². The highest BCUT2D eigenvalue weighted by Crippen LogP contribution is 2.11. The Morgan fingerprint density at radius 3 is 1.91 bits per heavy atom. The van der Waals surface area contributed by atoms with Crippen molar-refractivity contribution in [3.05, 3.63) is 29.8 Å². The highest BCUT2D eigenvalue weighted by Gasteiger charge is 2.27. The Hall–Kier alpha value is -4.20. The van der Waals surface area contributed by atoms with Gasteiger partial charge < -0.3 is 42.1 Å². The first-order valence-electron chi connectivity index (χ1n) is 9.46. The number of rotatable bonds is 13. The molecule has 33 heavy (non-hydrogen) atoms. The van der Waals surface area contributed by atoms with Gasteiger partial charge in [0.25, 0.3) is 0 Å². The van der Waals surface area contributed by atoms with E-state index in [2.05, 4.69) is 10.6 Å². The predicted molar refractivity (Wildman–Crippen MR) is 109 cm³/mol. The number of nitrogens with one attached hydrogen (secondary N) is 3. The number of amides is 3. The molecule has 14 nitrogen and oxygen atoms in total. The molecule has 0 aliphatic heterocycles. The minimum atomic E-state index is -1.71. The van der Waals surface area contributed by atoms with Gasteiger partial charge in [-0.1, -0.05) is 12.1 Å². The van der Waals surface area contributed by atoms with Gasteiger partial charge in [0.1, 0.15) is 17.8 Å². The van der Waals surface area contributed by atoms with Gasteiger partial charge in [-0.25, -0.2) is 4.79 Å². The third-order valence-electron chi connectivity index (χ3n) is 4.18. The summed E-state index contributed by atoms with van der Waals surface area (Å²) in [6, 6.07) is 1.14. The monoisotopic (exact) mass is 468 g/mol. The van der Waals surface area contributed by atoms with Gasteiger partial charge in [0, 0.05) is 6.42 Å². The Morgan fingerprint density at radius 1 is 0.818 bits per heavy atom. The predicted octanol–water partition coefficient (Wildman–Crippen LogP) is -2.62. The molecule has 0 spiro atoms. The van der Waals surface area contributed by atoms with Crippen LogP contribution in [-0.4, -0.2) is 80.7 Å². The number of carboxylic acid groups (broad SMARTS) is 3. The smallest absolute Gasteiger partial charge is 0.326 e. The fraction of sp³-hybridized carbons (Fsp3) is 0.368. The standard InChI is InChI=1S/C19H24N4O10/c20-11(6-15(26)27)17(30)23-12(5-9-1-3-10(24)4-2-9)18(31)21-8-14(25)22-13(19(32)33)7-16(28)29/h1-4,11-13,24H,5-8,20H2,(H,21,31)(H,22,25)(H,23,30)(H,26,27)(H,28,29)(H,32,33). The largest absolute Gasteiger partial charge is 0.508 e. The number of carbonyl (C=O) groups excluding carboxylic acids is 3. The zero-order valence-electron chi connectivity index (χ0n) is 17.2. The molecule has 14 heteroatoms. The first-order chi connectivity index (χ1) is 15.4. The topological polar surface area (TPSA) is 245 Å². The second kappa shape index (κ2) is 12.6. The fourth-order valence-electron chi connectivity index (χ4n) is 2.55. The highest BCUT2D eigenvalue weighted by molar-refractivity contribution is 5.94. The maximum atomic E-state index is 12.6. The molecule has 0 bridgehead atoms. The lowest BCUT2D eigenvalue weighted by Crippen LogP contribution is -2.54. The maximum absolute atomic E-state index is 12.6. The van der Waals surface area contributed by atoms with E-state index in [-0.39, 0.29) is 12.2 Å². The second-order valence-electron chi connectivity index (χ2n) is 6.91. The van der Waals surface area contributed by atoms with Crippen LogP contribution in [0.4, 0.5) is 0 Å². The van der Waals surface area contributed by atoms with Gasteiger partial charge in [0.05, 0.1) is 25.4 Å². The van der Waals surface area contributed by atoms with E-state index >= 15 is 0 Å². The summed E-state index contributed by atoms with van der Waals surface area (Å²) in [7, 11) is 0. The van der Waals surface area contributed by atoms with E-state index in [0.717, 1.165) is 0 Å². The lowest BCUT2D eigenvalue weighted by atomic mass is 10.0. The lowest BCUT2D eigenvalue weighted by Gasteiger charge is -2.21. The molecule has 9 N–H and O–H groups in total. The van der Waals surface area contributed by atoms with Crippen LogP contribution >= 0.6 is 0 Å². The summed E-state index contributed by atoms with van der Waals surface area (Å²) in [4.78, 5) is 69.1. The normalized spacial score (nSPS) is 13.1. The van der Waals surface area contributed by atoms with E-state index in [0.29, 0.717) is 5.56 Å². The number of hydrogen-bond acceptors (Lipinski definition) is 8. The quantitative estimate of drug-likeness (QED) is 0.149. The Labute approximate surface area is 186 Å². The molecule has 0 heterocycles. The second-order valence-corrected chi connectivity index (χ2v) is 6.91. The van der Waals surface area contributed by atoms with Crippen LogP contribution in [0.15, 0.2) is 24.3 Å². The van der Waals surface area contributed by atoms with Crippen LogP contribution in [0.1, 0.15) is 18.4 Å². The number of benzene rings is 1. The molecule has 0 aliphatic carbocycles. The molecule has 1 aromatic carbocycles. The molecular weight excluding hydrogens is 444 g/mol. The third-order valence-corrected chi connectivity index (χ3v) is 4.18. The molecule has 1 rings (SSSR count). The van der Waals surface area contributed by atoms with E-state index in [1.807, 2.05) is 5.32 Å². The average molecular weight is 468 g/mol. The van der Waals surface area contributed by atoms with Gasteiger partial charge in [-0.3, -0.25) is 24.0 Å². The van der Waals surface area contributed by atoms with E-state index < -0.39 is 73.1 Å². The number of aliphatic carboxylic acids is 3. The summed E-state index contributed by atoms with van der Waals surface area (Å²) < 4.78 is 0. The molecule has 3 unspecified atom stereocenters. The zero-order valence-corrected chi connectivity index (χ0v) is 17.2. The van der Waals surface area contributed by atoms with E-state index in [1.54, 1.807) is 0 Å². The molecule has 1 aromatic rings. The molecule has 180 valence electrons. The molecule has 0 fully saturated rings. The van der Waals surface area contributed by atoms with Crippen molar-refractivity contribution in [1.29, 1.82) is 0 Å². The average Bonchev–Trinajstić information content (AvgIpc) is 2.71. The molecule has 0 saturated carbocycles. The van der Waals surface area contributed by atoms with Crippen molar-refractivity contribution >= 4 is 35.6 Å². The molecular formula is C19H24N4O10. The number of hydrogen-bond donors (Lipinski definition) is 8. The van der Waals surface area contributed by atoms with Crippen LogP contribution in [0.2, 0.25) is 0 Å². The number of carboxylic acids is 3. The minimum Gasteiger partial charge on any atom is -0.508 e. The molecule has 0 saturated heterocycles. The number of aromatic hydroxyl groups is 1. The van der Waals surface area contributed by atoms with E-state index in [9.17, 15) is 33.9 Å². The Kier molecular flexibility index (Phi) is 10.3. The van der Waals surface area contributed by atoms with E-state index in [1.165, 1.54) is 24.3 Å². The number of phenolic OH excluding ortho intramolecular Hbond substituents is 1. The van der Waals surface area contributed by atoms with Crippen LogP contribution in [0, 0.1) is 0 Å². The van der Waals surface area contributed by atoms with Gasteiger partial charge in [-0.05, 0) is 17.7 Å². The Morgan fingerprint density at radius 2 is 1.39 bits per heavy atom. The highest BCUT2D eigenvalue weighted by atomic mass is 16.4. The first-order valence-corrected chi connectivity index (χ1v) is 9.46. The Balaban J connectivity index is 2.85. The summed E-state index contributed by atoms with van der Waals surface area (Å²) in [5, 5.41) is 42.2. The van der Waals surface area contributed by atoms with Gasteiger partial charge in [-0.15, -0.1) is 0 Å². The maximum Gasteiger partial charge on any atom is 0.326 e. The van der Waals surface area contributed by atoms with Gasteiger partial charge in [-0.2, -0.15) is 0 Å². The molecule has 0 aliphatic rings. The summed E-state index contributed by atoms with van der Waals surface area (Å²) in [5.74, 6) is -7.22. The van der Waals surface area contributed by atoms with Gasteiger partial charge in [0.15, 0.2) is 0 Å². The molecule has 3 atom stereocenters. The van der Waals surface area contributed by atoms with Crippen LogP contribution in [0.25, 0.3) is 0 Å². The molecule has 3 amide bonds. The van der Waals surface area contributed by atoms with Crippen molar-refractivity contribution in [2.45, 2.75) is 37.4 Å². The summed E-state index contributed by atoms with van der Waals surface area (Å²) in [6.07, 6.45) is -1.69. The molecule has 0 radical (unpaired) electrons. The van der Waals surface area contributed by atoms with Crippen LogP contribution in [0.5, 0.6) is 5.75 Å². The summed E-state index contributed by atoms with van der Waals surface area (Å²) in [6.45, 7) is -0.731. The lowest BCUT2D eigenvalue weighted by molar-refractivity contribution is -0.147. The molecule has 0 aromatic heterocycles. The fourth-order valence-corrected chi connectivity index (χ4v) is 2.55. The van der Waals surface area contributed by atoms with Gasteiger partial charge in [0.2, 0.25) is 17.7 Å². The van der Waals surface area contributed by atoms with Crippen LogP contribution < -0.4 is 21.7 Å². The van der Waals surface area contributed by atoms with Crippen LogP contribution in [0.3, 0.4) is 0 Å². The van der Waals surface area contributed by atoms with Crippen molar-refractivity contribution < 1.29 is 49.2 Å². The first kappa shape index (κ1) is 26.8. The van der Waals surface area contributed by atoms with Crippen LogP contribution in [-0.2, 0) is 35.2 Å². The Bertz CT molecular complexity index is 902. The van der Waals surface area contributed by atoms with Crippen molar-refractivity contribution in [2.24, 2.45) is 5.73 Å². The number of nitrogens with two attached hydrogens (primary N) is 1. The third kappa shape index (κ3) is 10.1. The van der Waals surface area contributed by atoms with E-state index in [4.69, 9.17) is 21.1 Å². The SMILES string of the molecule is NC(CC(=O)O)C(=O)NC(Cc1ccc(O)cc1)C(=O)NCC(=O)NC(CC(=O)O)C(=O)O. The van der Waals surface area contributed by atoms with Crippen molar-refractivity contribution in [3.8, 4) is 5.75 Å². The number of phenols is 1. The summed E-state index contributed by atoms with van der Waals surface area (Å²) in [5.41, 5.74) is 6.00. The van der Waals surface area contributed by atoms with Crippen molar-refractivity contribution in [1.82, 2.24) is 16.0 Å².